The van der Waals surface area contributed by atoms with Crippen molar-refractivity contribution in [3.05, 3.63) is 30.1 Å². The van der Waals surface area contributed by atoms with E-state index in [2.05, 4.69) is 30.1 Å². The Balaban J connectivity index is 0.00000180. The lowest BCUT2D eigenvalue weighted by Gasteiger charge is -2.23. The number of hydrogen-bond donors (Lipinski definition) is 1. The molecule has 0 aliphatic heterocycles. The van der Waals surface area contributed by atoms with E-state index in [9.17, 15) is 5.11 Å². The highest BCUT2D eigenvalue weighted by Crippen LogP contribution is 2.32. The molecule has 0 fully saturated rings. The molecule has 0 radical (unpaired) electrons. The van der Waals surface area contributed by atoms with Gasteiger partial charge in [0.2, 0.25) is 0 Å². The zero-order chi connectivity index (χ0) is 13.0. The normalized spacial score (nSPS) is 19.5. The van der Waals surface area contributed by atoms with Gasteiger partial charge in [0.1, 0.15) is 5.75 Å². The van der Waals surface area contributed by atoms with Crippen molar-refractivity contribution >= 4 is 18.0 Å². The first-order chi connectivity index (χ1) is 8.66. The van der Waals surface area contributed by atoms with Gasteiger partial charge in [-0.15, -0.1) is 12.4 Å². The maximum Gasteiger partial charge on any atom is 0.134 e. The van der Waals surface area contributed by atoms with Gasteiger partial charge in [-0.2, -0.15) is 0 Å². The zero-order valence-electron chi connectivity index (χ0n) is 11.7. The molecule has 1 N–H and O–H groups in total. The molecule has 1 aliphatic carbocycles. The summed E-state index contributed by atoms with van der Waals surface area (Å²) in [6.45, 7) is 1.06. The number of nitrogens with zero attached hydrogens (tertiary/aromatic N) is 2. The Morgan fingerprint density at radius 2 is 2.11 bits per heavy atom. The minimum absolute atomic E-state index is 0. The van der Waals surface area contributed by atoms with Crippen LogP contribution in [0.25, 0.3) is 5.57 Å². The number of halogens is 1. The fourth-order valence-electron chi connectivity index (χ4n) is 2.68. The molecule has 4 heteroatoms. The second-order valence-electron chi connectivity index (χ2n) is 5.33. The number of allylic oxidation sites excluding steroid dienone is 1. The molecule has 19 heavy (non-hydrogen) atoms. The average molecular weight is 283 g/mol. The third kappa shape index (κ3) is 4.51. The minimum atomic E-state index is 0. The van der Waals surface area contributed by atoms with Gasteiger partial charge >= 0.3 is 0 Å². The molecule has 0 bridgehead atoms. The topological polar surface area (TPSA) is 36.4 Å². The molecule has 0 saturated heterocycles. The molecule has 0 aromatic carbocycles. The first-order valence-corrected chi connectivity index (χ1v) is 6.66. The van der Waals surface area contributed by atoms with Crippen LogP contribution in [0, 0.1) is 5.92 Å². The van der Waals surface area contributed by atoms with Gasteiger partial charge in [0, 0.05) is 12.7 Å². The average Bonchev–Trinajstić information content (AvgIpc) is 2.54. The highest BCUT2D eigenvalue weighted by molar-refractivity contribution is 5.85. The van der Waals surface area contributed by atoms with Crippen LogP contribution in [-0.4, -0.2) is 35.6 Å². The summed E-state index contributed by atoms with van der Waals surface area (Å²) in [6, 6.07) is 1.83. The summed E-state index contributed by atoms with van der Waals surface area (Å²) in [5, 5.41) is 9.58. The van der Waals surface area contributed by atoms with E-state index in [1.807, 2.05) is 12.3 Å². The summed E-state index contributed by atoms with van der Waals surface area (Å²) in [7, 11) is 4.23. The Hall–Kier alpha value is -1.06. The molecule has 1 aliphatic rings. The van der Waals surface area contributed by atoms with E-state index in [0.717, 1.165) is 18.5 Å². The van der Waals surface area contributed by atoms with Crippen molar-refractivity contribution in [3.8, 4) is 5.75 Å². The van der Waals surface area contributed by atoms with Crippen LogP contribution < -0.4 is 0 Å². The summed E-state index contributed by atoms with van der Waals surface area (Å²) in [6.07, 6.45) is 10.6. The maximum atomic E-state index is 9.58. The predicted octanol–water partition coefficient (Wildman–Crippen LogP) is 3.34. The van der Waals surface area contributed by atoms with E-state index < -0.39 is 0 Å². The molecular weight excluding hydrogens is 260 g/mol. The fourth-order valence-corrected chi connectivity index (χ4v) is 2.68. The van der Waals surface area contributed by atoms with Crippen molar-refractivity contribution in [2.45, 2.75) is 25.7 Å². The Kier molecular flexibility index (Phi) is 6.32. The lowest BCUT2D eigenvalue weighted by Crippen LogP contribution is -2.22. The number of hydrogen-bond acceptors (Lipinski definition) is 3. The quantitative estimate of drug-likeness (QED) is 0.924. The minimum Gasteiger partial charge on any atom is -0.506 e. The molecule has 1 aromatic rings. The van der Waals surface area contributed by atoms with Crippen LogP contribution in [0.3, 0.4) is 0 Å². The Morgan fingerprint density at radius 1 is 1.32 bits per heavy atom. The van der Waals surface area contributed by atoms with Gasteiger partial charge in [-0.25, -0.2) is 0 Å². The molecule has 1 aromatic heterocycles. The number of rotatable bonds is 3. The summed E-state index contributed by atoms with van der Waals surface area (Å²) in [5.74, 6) is 0.798. The molecule has 1 atom stereocenters. The zero-order valence-corrected chi connectivity index (χ0v) is 12.5. The number of aromatic hydroxyl groups is 1. The predicted molar refractivity (Wildman–Crippen MR) is 81.6 cm³/mol. The monoisotopic (exact) mass is 282 g/mol. The van der Waals surface area contributed by atoms with Crippen molar-refractivity contribution in [1.29, 1.82) is 0 Å². The van der Waals surface area contributed by atoms with E-state index in [0.29, 0.717) is 5.92 Å². The molecule has 1 unspecified atom stereocenters. The maximum absolute atomic E-state index is 9.58. The second kappa shape index (κ2) is 7.51. The van der Waals surface area contributed by atoms with Crippen molar-refractivity contribution in [3.63, 3.8) is 0 Å². The highest BCUT2D eigenvalue weighted by atomic mass is 35.5. The molecular formula is C15H23ClN2O. The lowest BCUT2D eigenvalue weighted by molar-refractivity contribution is 0.351. The number of aromatic nitrogens is 1. The van der Waals surface area contributed by atoms with Crippen molar-refractivity contribution in [1.82, 2.24) is 9.88 Å². The molecule has 3 nitrogen and oxygen atoms in total. The molecule has 0 spiro atoms. The molecule has 2 rings (SSSR count). The smallest absolute Gasteiger partial charge is 0.134 e. The first kappa shape index (κ1) is 16.0. The Labute approximate surface area is 121 Å². The van der Waals surface area contributed by atoms with E-state index in [-0.39, 0.29) is 18.2 Å². The third-order valence-electron chi connectivity index (χ3n) is 3.45. The van der Waals surface area contributed by atoms with Gasteiger partial charge in [0.05, 0.1) is 6.20 Å². The molecule has 0 saturated carbocycles. The summed E-state index contributed by atoms with van der Waals surface area (Å²) in [5.41, 5.74) is 2.42. The standard InChI is InChI=1S/C15H22N2O.ClH/c1-17(2)11-12-6-4-3-5-7-15(12)13-8-14(18)10-16-9-13;/h7-10,12,18H,3-6,11H2,1-2H3;1H. The van der Waals surface area contributed by atoms with Gasteiger partial charge in [0.15, 0.2) is 0 Å². The van der Waals surface area contributed by atoms with Crippen LogP contribution in [0.4, 0.5) is 0 Å². The Morgan fingerprint density at radius 3 is 2.79 bits per heavy atom. The Bertz CT molecular complexity index is 432. The van der Waals surface area contributed by atoms with Gasteiger partial charge in [0.25, 0.3) is 0 Å². The van der Waals surface area contributed by atoms with Gasteiger partial charge in [-0.3, -0.25) is 4.98 Å². The van der Waals surface area contributed by atoms with Gasteiger partial charge < -0.3 is 10.0 Å². The van der Waals surface area contributed by atoms with Crippen LogP contribution in [0.15, 0.2) is 24.5 Å². The van der Waals surface area contributed by atoms with Crippen LogP contribution in [0.1, 0.15) is 31.2 Å². The number of pyridine rings is 1. The van der Waals surface area contributed by atoms with Crippen LogP contribution in [0.5, 0.6) is 5.75 Å². The van der Waals surface area contributed by atoms with E-state index in [1.54, 1.807) is 0 Å². The summed E-state index contributed by atoms with van der Waals surface area (Å²) < 4.78 is 0. The third-order valence-corrected chi connectivity index (χ3v) is 3.45. The first-order valence-electron chi connectivity index (χ1n) is 6.66. The van der Waals surface area contributed by atoms with Crippen molar-refractivity contribution in [2.24, 2.45) is 5.92 Å². The van der Waals surface area contributed by atoms with Crippen molar-refractivity contribution in [2.75, 3.05) is 20.6 Å². The summed E-state index contributed by atoms with van der Waals surface area (Å²) in [4.78, 5) is 6.34. The highest BCUT2D eigenvalue weighted by Gasteiger charge is 2.19. The fraction of sp³-hybridized carbons (Fsp3) is 0.533. The van der Waals surface area contributed by atoms with Gasteiger partial charge in [-0.05, 0) is 56.5 Å². The summed E-state index contributed by atoms with van der Waals surface area (Å²) >= 11 is 0. The second-order valence-corrected chi connectivity index (χ2v) is 5.33. The van der Waals surface area contributed by atoms with Crippen LogP contribution in [-0.2, 0) is 0 Å². The van der Waals surface area contributed by atoms with Gasteiger partial charge in [-0.1, -0.05) is 12.5 Å². The van der Waals surface area contributed by atoms with E-state index in [4.69, 9.17) is 0 Å². The van der Waals surface area contributed by atoms with E-state index >= 15 is 0 Å². The van der Waals surface area contributed by atoms with E-state index in [1.165, 1.54) is 31.0 Å². The van der Waals surface area contributed by atoms with Crippen LogP contribution >= 0.6 is 12.4 Å². The van der Waals surface area contributed by atoms with Crippen LogP contribution in [0.2, 0.25) is 0 Å². The largest absolute Gasteiger partial charge is 0.506 e. The molecule has 1 heterocycles. The SMILES string of the molecule is CN(C)CC1CCCCC=C1c1cncc(O)c1.Cl. The van der Waals surface area contributed by atoms with Crippen molar-refractivity contribution < 1.29 is 5.11 Å². The molecule has 106 valence electrons. The molecule has 0 amide bonds. The lowest BCUT2D eigenvalue weighted by atomic mass is 9.90.